The summed E-state index contributed by atoms with van der Waals surface area (Å²) in [5, 5.41) is 19.6. The highest BCUT2D eigenvalue weighted by molar-refractivity contribution is 5.77. The first kappa shape index (κ1) is 19.0. The standard InChI is InChI=1S/C20H29NO5/c1-13(23)20(2)12-21(19(24)10-22)9-16(20)15-6-7-17(25-3)18(8-15)26-11-14-4-5-14/h6-8,13-14,16,22-23H,4-5,9-12H2,1-3H3/t13-,16+,20+/m1/s1. The maximum Gasteiger partial charge on any atom is 0.248 e. The first-order chi connectivity index (χ1) is 12.4. The Morgan fingerprint density at radius 2 is 2.12 bits per heavy atom. The number of aliphatic hydroxyl groups excluding tert-OH is 2. The zero-order chi connectivity index (χ0) is 18.9. The molecule has 1 amide bonds. The molecule has 1 aromatic carbocycles. The fraction of sp³-hybridized carbons (Fsp3) is 0.650. The number of rotatable bonds is 7. The van der Waals surface area contributed by atoms with Crippen LogP contribution in [0.4, 0.5) is 0 Å². The van der Waals surface area contributed by atoms with E-state index in [0.717, 1.165) is 5.56 Å². The van der Waals surface area contributed by atoms with Crippen LogP contribution < -0.4 is 9.47 Å². The van der Waals surface area contributed by atoms with Gasteiger partial charge in [0.05, 0.1) is 19.8 Å². The minimum Gasteiger partial charge on any atom is -0.493 e. The first-order valence-corrected chi connectivity index (χ1v) is 9.26. The summed E-state index contributed by atoms with van der Waals surface area (Å²) in [6.45, 7) is 4.80. The van der Waals surface area contributed by atoms with Crippen LogP contribution in [-0.2, 0) is 4.79 Å². The number of amides is 1. The van der Waals surface area contributed by atoms with Gasteiger partial charge in [-0.15, -0.1) is 0 Å². The predicted molar refractivity (Wildman–Crippen MR) is 97.4 cm³/mol. The molecular formula is C20H29NO5. The Bertz CT molecular complexity index is 658. The lowest BCUT2D eigenvalue weighted by molar-refractivity contribution is -0.133. The van der Waals surface area contributed by atoms with Crippen molar-refractivity contribution in [1.82, 2.24) is 4.90 Å². The summed E-state index contributed by atoms with van der Waals surface area (Å²) in [6, 6.07) is 5.83. The minimum atomic E-state index is -0.595. The van der Waals surface area contributed by atoms with Gasteiger partial charge < -0.3 is 24.6 Å². The SMILES string of the molecule is COc1ccc([C@@H]2CN(C(=O)CO)C[C@@]2(C)[C@@H](C)O)cc1OCC1CC1. The van der Waals surface area contributed by atoms with Crippen molar-refractivity contribution in [3.63, 3.8) is 0 Å². The maximum absolute atomic E-state index is 12.0. The van der Waals surface area contributed by atoms with Crippen molar-refractivity contribution in [2.45, 2.75) is 38.7 Å². The van der Waals surface area contributed by atoms with Crippen LogP contribution in [0, 0.1) is 11.3 Å². The second-order valence-electron chi connectivity index (χ2n) is 7.83. The monoisotopic (exact) mass is 363 g/mol. The smallest absolute Gasteiger partial charge is 0.248 e. The molecule has 144 valence electrons. The summed E-state index contributed by atoms with van der Waals surface area (Å²) < 4.78 is 11.4. The fourth-order valence-corrected chi connectivity index (χ4v) is 3.73. The van der Waals surface area contributed by atoms with Crippen LogP contribution in [0.2, 0.25) is 0 Å². The van der Waals surface area contributed by atoms with Crippen molar-refractivity contribution in [1.29, 1.82) is 0 Å². The predicted octanol–water partition coefficient (Wildman–Crippen LogP) is 1.79. The number of carbonyl (C=O) groups is 1. The number of aliphatic hydroxyl groups is 2. The summed E-state index contributed by atoms with van der Waals surface area (Å²) in [5.74, 6) is 1.67. The lowest BCUT2D eigenvalue weighted by Crippen LogP contribution is -2.38. The number of methoxy groups -OCH3 is 1. The van der Waals surface area contributed by atoms with Gasteiger partial charge in [0.15, 0.2) is 11.5 Å². The third kappa shape index (κ3) is 3.67. The summed E-state index contributed by atoms with van der Waals surface area (Å²) in [6.07, 6.45) is 1.83. The Labute approximate surface area is 154 Å². The van der Waals surface area contributed by atoms with Crippen LogP contribution in [-0.4, -0.2) is 60.5 Å². The van der Waals surface area contributed by atoms with E-state index in [-0.39, 0.29) is 11.8 Å². The van der Waals surface area contributed by atoms with Gasteiger partial charge in [-0.2, -0.15) is 0 Å². The molecule has 3 rings (SSSR count). The molecule has 1 saturated carbocycles. The van der Waals surface area contributed by atoms with Gasteiger partial charge in [0, 0.05) is 24.4 Å². The largest absolute Gasteiger partial charge is 0.493 e. The van der Waals surface area contributed by atoms with Gasteiger partial charge in [0.1, 0.15) is 6.61 Å². The molecule has 2 fully saturated rings. The normalized spacial score (nSPS) is 26.7. The van der Waals surface area contributed by atoms with Gasteiger partial charge in [-0.05, 0) is 43.4 Å². The lowest BCUT2D eigenvalue weighted by Gasteiger charge is -2.33. The summed E-state index contributed by atoms with van der Waals surface area (Å²) in [5.41, 5.74) is 0.515. The van der Waals surface area contributed by atoms with Gasteiger partial charge in [-0.1, -0.05) is 13.0 Å². The van der Waals surface area contributed by atoms with Crippen molar-refractivity contribution in [3.8, 4) is 11.5 Å². The number of hydrogen-bond donors (Lipinski definition) is 2. The molecule has 0 spiro atoms. The summed E-state index contributed by atoms with van der Waals surface area (Å²) in [7, 11) is 1.62. The van der Waals surface area contributed by atoms with Gasteiger partial charge in [0.25, 0.3) is 0 Å². The minimum absolute atomic E-state index is 0.0489. The average molecular weight is 363 g/mol. The van der Waals surface area contributed by atoms with E-state index in [1.54, 1.807) is 18.9 Å². The van der Waals surface area contributed by atoms with E-state index in [1.807, 2.05) is 25.1 Å². The quantitative estimate of drug-likeness (QED) is 0.772. The number of benzene rings is 1. The van der Waals surface area contributed by atoms with Gasteiger partial charge in [-0.3, -0.25) is 4.79 Å². The van der Waals surface area contributed by atoms with E-state index in [0.29, 0.717) is 37.1 Å². The molecule has 3 atom stereocenters. The van der Waals surface area contributed by atoms with Crippen LogP contribution >= 0.6 is 0 Å². The Morgan fingerprint density at radius 1 is 1.38 bits per heavy atom. The second-order valence-corrected chi connectivity index (χ2v) is 7.83. The highest BCUT2D eigenvalue weighted by Gasteiger charge is 2.48. The van der Waals surface area contributed by atoms with Crippen LogP contribution in [0.5, 0.6) is 11.5 Å². The Balaban J connectivity index is 1.89. The molecule has 1 aliphatic heterocycles. The zero-order valence-electron chi connectivity index (χ0n) is 15.8. The molecule has 1 aromatic rings. The van der Waals surface area contributed by atoms with Crippen molar-refractivity contribution in [2.24, 2.45) is 11.3 Å². The topological polar surface area (TPSA) is 79.2 Å². The van der Waals surface area contributed by atoms with Gasteiger partial charge in [-0.25, -0.2) is 0 Å². The Kier molecular flexibility index (Phi) is 5.44. The molecular weight excluding hydrogens is 334 g/mol. The number of nitrogens with zero attached hydrogens (tertiary/aromatic N) is 1. The van der Waals surface area contributed by atoms with Crippen LogP contribution in [0.3, 0.4) is 0 Å². The van der Waals surface area contributed by atoms with E-state index in [4.69, 9.17) is 9.47 Å². The van der Waals surface area contributed by atoms with Crippen molar-refractivity contribution in [2.75, 3.05) is 33.4 Å². The molecule has 1 aliphatic carbocycles. The van der Waals surface area contributed by atoms with E-state index in [1.165, 1.54) is 12.8 Å². The molecule has 0 radical (unpaired) electrons. The third-order valence-corrected chi connectivity index (χ3v) is 5.93. The lowest BCUT2D eigenvalue weighted by atomic mass is 9.72. The summed E-state index contributed by atoms with van der Waals surface area (Å²) in [4.78, 5) is 13.6. The molecule has 26 heavy (non-hydrogen) atoms. The molecule has 1 saturated heterocycles. The van der Waals surface area contributed by atoms with Crippen LogP contribution in [0.25, 0.3) is 0 Å². The number of carbonyl (C=O) groups excluding carboxylic acids is 1. The second kappa shape index (κ2) is 7.45. The zero-order valence-corrected chi connectivity index (χ0v) is 15.8. The molecule has 2 aliphatic rings. The first-order valence-electron chi connectivity index (χ1n) is 9.26. The van der Waals surface area contributed by atoms with Crippen molar-refractivity contribution < 1.29 is 24.5 Å². The third-order valence-electron chi connectivity index (χ3n) is 5.93. The number of ether oxygens (including phenoxy) is 2. The molecule has 0 unspecified atom stereocenters. The number of likely N-dealkylation sites (tertiary alicyclic amines) is 1. The molecule has 0 aromatic heterocycles. The van der Waals surface area contributed by atoms with Crippen LogP contribution in [0.15, 0.2) is 18.2 Å². The van der Waals surface area contributed by atoms with Crippen molar-refractivity contribution in [3.05, 3.63) is 23.8 Å². The fourth-order valence-electron chi connectivity index (χ4n) is 3.73. The maximum atomic E-state index is 12.0. The van der Waals surface area contributed by atoms with Crippen LogP contribution in [0.1, 0.15) is 38.2 Å². The number of hydrogen-bond acceptors (Lipinski definition) is 5. The van der Waals surface area contributed by atoms with E-state index < -0.39 is 18.1 Å². The molecule has 6 nitrogen and oxygen atoms in total. The Morgan fingerprint density at radius 3 is 2.69 bits per heavy atom. The van der Waals surface area contributed by atoms with Gasteiger partial charge >= 0.3 is 0 Å². The molecule has 1 heterocycles. The highest BCUT2D eigenvalue weighted by atomic mass is 16.5. The molecule has 2 N–H and O–H groups in total. The van der Waals surface area contributed by atoms with E-state index in [2.05, 4.69) is 0 Å². The highest BCUT2D eigenvalue weighted by Crippen LogP contribution is 2.47. The molecule has 6 heteroatoms. The Hall–Kier alpha value is -1.79. The average Bonchev–Trinajstić information content (AvgIpc) is 3.40. The van der Waals surface area contributed by atoms with E-state index >= 15 is 0 Å². The van der Waals surface area contributed by atoms with Crippen molar-refractivity contribution >= 4 is 5.91 Å². The van der Waals surface area contributed by atoms with E-state index in [9.17, 15) is 15.0 Å². The molecule has 0 bridgehead atoms. The van der Waals surface area contributed by atoms with Gasteiger partial charge in [0.2, 0.25) is 5.91 Å². The summed E-state index contributed by atoms with van der Waals surface area (Å²) >= 11 is 0.